The molecule has 178 valence electrons. The molecule has 2 aliphatic rings. The fourth-order valence-corrected chi connectivity index (χ4v) is 5.92. The van der Waals surface area contributed by atoms with E-state index in [1.807, 2.05) is 49.9 Å². The number of carbonyl (C=O) groups is 2. The summed E-state index contributed by atoms with van der Waals surface area (Å²) in [6.07, 6.45) is 2.93. The quantitative estimate of drug-likeness (QED) is 0.429. The van der Waals surface area contributed by atoms with Gasteiger partial charge in [-0.05, 0) is 93.9 Å². The van der Waals surface area contributed by atoms with Crippen LogP contribution in [0.25, 0.3) is 0 Å². The van der Waals surface area contributed by atoms with Crippen LogP contribution in [0.2, 0.25) is 5.02 Å². The Morgan fingerprint density at radius 1 is 1.15 bits per heavy atom. The highest BCUT2D eigenvalue weighted by Gasteiger charge is 2.47. The summed E-state index contributed by atoms with van der Waals surface area (Å²) in [5.74, 6) is -0.305. The van der Waals surface area contributed by atoms with Gasteiger partial charge in [0.1, 0.15) is 11.6 Å². The van der Waals surface area contributed by atoms with Crippen LogP contribution < -0.4 is 0 Å². The summed E-state index contributed by atoms with van der Waals surface area (Å²) in [5, 5.41) is 0.659. The molecule has 1 fully saturated rings. The number of imidazole rings is 1. The van der Waals surface area contributed by atoms with Crippen molar-refractivity contribution in [2.75, 3.05) is 0 Å². The molecule has 1 atom stereocenters. The van der Waals surface area contributed by atoms with Crippen molar-refractivity contribution in [2.24, 2.45) is 5.92 Å². The molecule has 1 saturated carbocycles. The minimum atomic E-state index is -0.491. The number of amides is 1. The Kier molecular flexibility index (Phi) is 6.67. The fraction of sp³-hybridized carbons (Fsp3) is 0.560. The minimum absolute atomic E-state index is 0.0328. The number of esters is 1. The van der Waals surface area contributed by atoms with Gasteiger partial charge < -0.3 is 14.2 Å². The van der Waals surface area contributed by atoms with Gasteiger partial charge in [0.2, 0.25) is 0 Å². The molecular formula is C25H31BrClN3O3. The first kappa shape index (κ1) is 24.3. The van der Waals surface area contributed by atoms with Crippen LogP contribution in [0.3, 0.4) is 0 Å². The highest BCUT2D eigenvalue weighted by Crippen LogP contribution is 2.45. The number of hydrogen-bond acceptors (Lipinski definition) is 4. The first-order valence-electron chi connectivity index (χ1n) is 11.6. The number of halogens is 2. The predicted octanol–water partition coefficient (Wildman–Crippen LogP) is 6.33. The van der Waals surface area contributed by atoms with Crippen LogP contribution in [0.15, 0.2) is 29.0 Å². The standard InChI is InChI=1S/C25H31BrClN3O3/c1-14(2)29-21-19(28-24(29)26)22(31)30(20(21)15-6-10-17(27)11-7-15)18-12-8-16(9-13-18)23(32)33-25(3,4)5/h6-7,10-11,14,16,18,20H,8-9,12-13H2,1-5H3/t16-,18-,20?. The molecule has 2 aromatic rings. The topological polar surface area (TPSA) is 64.4 Å². The molecule has 1 aromatic carbocycles. The fourth-order valence-electron chi connectivity index (χ4n) is 5.01. The van der Waals surface area contributed by atoms with Crippen molar-refractivity contribution in [2.45, 2.75) is 84.0 Å². The summed E-state index contributed by atoms with van der Waals surface area (Å²) >= 11 is 9.71. The van der Waals surface area contributed by atoms with Crippen LogP contribution in [-0.2, 0) is 9.53 Å². The lowest BCUT2D eigenvalue weighted by molar-refractivity contribution is -0.161. The van der Waals surface area contributed by atoms with Gasteiger partial charge in [0.15, 0.2) is 10.4 Å². The van der Waals surface area contributed by atoms with Crippen LogP contribution in [0.4, 0.5) is 0 Å². The van der Waals surface area contributed by atoms with Gasteiger partial charge in [-0.25, -0.2) is 4.98 Å². The van der Waals surface area contributed by atoms with Gasteiger partial charge in [-0.15, -0.1) is 0 Å². The highest BCUT2D eigenvalue weighted by atomic mass is 79.9. The van der Waals surface area contributed by atoms with Crippen molar-refractivity contribution in [3.8, 4) is 0 Å². The van der Waals surface area contributed by atoms with Crippen molar-refractivity contribution in [1.29, 1.82) is 0 Å². The van der Waals surface area contributed by atoms with Gasteiger partial charge in [0.25, 0.3) is 5.91 Å². The van der Waals surface area contributed by atoms with Crippen molar-refractivity contribution in [1.82, 2.24) is 14.5 Å². The van der Waals surface area contributed by atoms with Gasteiger partial charge in [-0.2, -0.15) is 0 Å². The van der Waals surface area contributed by atoms with E-state index in [9.17, 15) is 9.59 Å². The molecule has 0 N–H and O–H groups in total. The molecule has 0 radical (unpaired) electrons. The molecule has 33 heavy (non-hydrogen) atoms. The lowest BCUT2D eigenvalue weighted by atomic mass is 9.84. The Hall–Kier alpha value is -1.86. The molecule has 1 aromatic heterocycles. The number of ether oxygens (including phenoxy) is 1. The zero-order chi connectivity index (χ0) is 24.1. The molecule has 0 saturated heterocycles. The smallest absolute Gasteiger partial charge is 0.309 e. The van der Waals surface area contributed by atoms with E-state index < -0.39 is 5.60 Å². The number of benzene rings is 1. The third-order valence-corrected chi connectivity index (χ3v) is 7.22. The second-order valence-corrected chi connectivity index (χ2v) is 11.4. The van der Waals surface area contributed by atoms with E-state index in [4.69, 9.17) is 16.3 Å². The lowest BCUT2D eigenvalue weighted by Crippen LogP contribution is -2.43. The van der Waals surface area contributed by atoms with Gasteiger partial charge in [0.05, 0.1) is 11.6 Å². The molecule has 1 aliphatic heterocycles. The van der Waals surface area contributed by atoms with Gasteiger partial charge in [-0.1, -0.05) is 23.7 Å². The van der Waals surface area contributed by atoms with Gasteiger partial charge in [-0.3, -0.25) is 9.59 Å². The Morgan fingerprint density at radius 2 is 1.76 bits per heavy atom. The Morgan fingerprint density at radius 3 is 2.30 bits per heavy atom. The molecule has 0 spiro atoms. The van der Waals surface area contributed by atoms with E-state index in [0.29, 0.717) is 28.3 Å². The average Bonchev–Trinajstić information content (AvgIpc) is 3.20. The SMILES string of the molecule is CC(C)n1c(Br)nc2c1C(c1ccc(Cl)cc1)N([C@H]1CC[C@H](C(=O)OC(C)(C)C)CC1)C2=O. The maximum absolute atomic E-state index is 13.6. The van der Waals surface area contributed by atoms with E-state index in [2.05, 4.69) is 39.3 Å². The van der Waals surface area contributed by atoms with E-state index in [-0.39, 0.29) is 35.9 Å². The van der Waals surface area contributed by atoms with Crippen LogP contribution in [-0.4, -0.2) is 38.0 Å². The maximum Gasteiger partial charge on any atom is 0.309 e. The molecule has 1 unspecified atom stereocenters. The van der Waals surface area contributed by atoms with E-state index in [0.717, 1.165) is 24.1 Å². The monoisotopic (exact) mass is 535 g/mol. The lowest BCUT2D eigenvalue weighted by Gasteiger charge is -2.38. The van der Waals surface area contributed by atoms with Crippen molar-refractivity contribution < 1.29 is 14.3 Å². The number of hydrogen-bond donors (Lipinski definition) is 0. The Balaban J connectivity index is 1.64. The molecule has 0 bridgehead atoms. The third kappa shape index (κ3) is 4.72. The summed E-state index contributed by atoms with van der Waals surface area (Å²) in [6, 6.07) is 7.63. The molecule has 8 heteroatoms. The zero-order valence-electron chi connectivity index (χ0n) is 19.8. The summed E-state index contributed by atoms with van der Waals surface area (Å²) in [7, 11) is 0. The summed E-state index contributed by atoms with van der Waals surface area (Å²) < 4.78 is 8.37. The molecule has 4 rings (SSSR count). The van der Waals surface area contributed by atoms with Crippen LogP contribution >= 0.6 is 27.5 Å². The van der Waals surface area contributed by atoms with Crippen LogP contribution in [0.5, 0.6) is 0 Å². The van der Waals surface area contributed by atoms with Crippen LogP contribution in [0.1, 0.15) is 94.1 Å². The molecular weight excluding hydrogens is 506 g/mol. The third-order valence-electron chi connectivity index (χ3n) is 6.41. The van der Waals surface area contributed by atoms with Crippen molar-refractivity contribution in [3.05, 3.63) is 51.0 Å². The summed E-state index contributed by atoms with van der Waals surface area (Å²) in [4.78, 5) is 32.8. The first-order chi connectivity index (χ1) is 15.5. The first-order valence-corrected chi connectivity index (χ1v) is 12.7. The van der Waals surface area contributed by atoms with Crippen molar-refractivity contribution in [3.63, 3.8) is 0 Å². The normalized spacial score (nSPS) is 23.2. The van der Waals surface area contributed by atoms with Gasteiger partial charge >= 0.3 is 5.97 Å². The average molecular weight is 537 g/mol. The summed E-state index contributed by atoms with van der Waals surface area (Å²) in [6.45, 7) is 9.85. The predicted molar refractivity (Wildman–Crippen MR) is 131 cm³/mol. The van der Waals surface area contributed by atoms with E-state index >= 15 is 0 Å². The second-order valence-electron chi connectivity index (χ2n) is 10.3. The van der Waals surface area contributed by atoms with Crippen LogP contribution in [0, 0.1) is 5.92 Å². The molecule has 1 amide bonds. The van der Waals surface area contributed by atoms with Crippen molar-refractivity contribution >= 4 is 39.4 Å². The van der Waals surface area contributed by atoms with E-state index in [1.54, 1.807) is 0 Å². The summed E-state index contributed by atoms with van der Waals surface area (Å²) in [5.41, 5.74) is 1.94. The number of aromatic nitrogens is 2. The van der Waals surface area contributed by atoms with E-state index in [1.165, 1.54) is 0 Å². The highest BCUT2D eigenvalue weighted by molar-refractivity contribution is 9.10. The zero-order valence-corrected chi connectivity index (χ0v) is 22.1. The van der Waals surface area contributed by atoms with Gasteiger partial charge in [0, 0.05) is 17.1 Å². The number of rotatable bonds is 4. The molecule has 6 nitrogen and oxygen atoms in total. The maximum atomic E-state index is 13.6. The molecule has 1 aliphatic carbocycles. The number of carbonyl (C=O) groups excluding carboxylic acids is 2. The second kappa shape index (κ2) is 9.06. The number of nitrogens with zero attached hydrogens (tertiary/aromatic N) is 3. The largest absolute Gasteiger partial charge is 0.460 e. The number of fused-ring (bicyclic) bond motifs is 1. The Bertz CT molecular complexity index is 1050. The Labute approximate surface area is 208 Å². The minimum Gasteiger partial charge on any atom is -0.460 e. The molecule has 2 heterocycles.